The van der Waals surface area contributed by atoms with E-state index in [1.54, 1.807) is 18.1 Å². The Hall–Kier alpha value is -2.73. The molecule has 1 aromatic carbocycles. The summed E-state index contributed by atoms with van der Waals surface area (Å²) in [6.07, 6.45) is 5.36. The van der Waals surface area contributed by atoms with Crippen LogP contribution in [-0.2, 0) is 22.6 Å². The van der Waals surface area contributed by atoms with Gasteiger partial charge in [-0.2, -0.15) is 0 Å². The molecule has 1 spiro atoms. The molecule has 1 unspecified atom stereocenters. The van der Waals surface area contributed by atoms with Gasteiger partial charge in [-0.1, -0.05) is 41.6 Å². The summed E-state index contributed by atoms with van der Waals surface area (Å²) < 4.78 is 0. The Morgan fingerprint density at radius 2 is 2.03 bits per heavy atom. The fourth-order valence-corrected chi connectivity index (χ4v) is 4.20. The first-order chi connectivity index (χ1) is 14.1. The Morgan fingerprint density at radius 3 is 2.83 bits per heavy atom. The van der Waals surface area contributed by atoms with Gasteiger partial charge in [-0.05, 0) is 43.5 Å². The average molecular weight is 393 g/mol. The van der Waals surface area contributed by atoms with E-state index in [4.69, 9.17) is 4.84 Å². The average Bonchev–Trinajstić information content (AvgIpc) is 3.16. The predicted octanol–water partition coefficient (Wildman–Crippen LogP) is 2.89. The molecule has 3 heterocycles. The monoisotopic (exact) mass is 392 g/mol. The molecule has 0 aliphatic carbocycles. The zero-order chi connectivity index (χ0) is 20.1. The van der Waals surface area contributed by atoms with E-state index in [1.807, 2.05) is 24.3 Å². The maximum atomic E-state index is 12.8. The summed E-state index contributed by atoms with van der Waals surface area (Å²) in [5, 5.41) is 4.21. The highest BCUT2D eigenvalue weighted by Crippen LogP contribution is 2.34. The summed E-state index contributed by atoms with van der Waals surface area (Å²) in [4.78, 5) is 27.1. The molecular weight excluding hydrogens is 364 g/mol. The number of benzene rings is 1. The van der Waals surface area contributed by atoms with Crippen LogP contribution in [0.5, 0.6) is 0 Å². The van der Waals surface area contributed by atoms with Crippen LogP contribution >= 0.6 is 0 Å². The summed E-state index contributed by atoms with van der Waals surface area (Å²) in [5.41, 5.74) is 2.38. The van der Waals surface area contributed by atoms with E-state index in [9.17, 15) is 4.79 Å². The molecule has 1 saturated heterocycles. The van der Waals surface area contributed by atoms with Crippen molar-refractivity contribution >= 4 is 11.6 Å². The van der Waals surface area contributed by atoms with Gasteiger partial charge in [0.05, 0.1) is 12.2 Å². The topological polar surface area (TPSA) is 58.0 Å². The van der Waals surface area contributed by atoms with Gasteiger partial charge in [-0.3, -0.25) is 14.7 Å². The molecule has 0 radical (unpaired) electrons. The van der Waals surface area contributed by atoms with Crippen LogP contribution in [0.1, 0.15) is 30.5 Å². The molecule has 29 heavy (non-hydrogen) atoms. The first-order valence-corrected chi connectivity index (χ1v) is 10.3. The van der Waals surface area contributed by atoms with Crippen molar-refractivity contribution in [3.63, 3.8) is 0 Å². The van der Waals surface area contributed by atoms with Crippen LogP contribution in [-0.4, -0.2) is 58.7 Å². The molecule has 6 heteroatoms. The molecule has 0 N–H and O–H groups in total. The number of hydrogen-bond acceptors (Lipinski definition) is 5. The minimum Gasteiger partial charge on any atom is -0.387 e. The van der Waals surface area contributed by atoms with Gasteiger partial charge in [-0.25, -0.2) is 0 Å². The van der Waals surface area contributed by atoms with Crippen LogP contribution in [0.25, 0.3) is 0 Å². The molecular formula is C23H28N4O2. The van der Waals surface area contributed by atoms with Crippen LogP contribution in [0.2, 0.25) is 0 Å². The van der Waals surface area contributed by atoms with Crippen LogP contribution in [0.15, 0.2) is 59.9 Å². The SMILES string of the molecule is CN(Cc1ccccn1)C(=O)C1=NOC2(CCCN(CCc3ccccc3)C2)C1. The maximum Gasteiger partial charge on any atom is 0.271 e. The number of amides is 1. The van der Waals surface area contributed by atoms with Crippen molar-refractivity contribution < 1.29 is 9.63 Å². The van der Waals surface area contributed by atoms with Gasteiger partial charge in [0.2, 0.25) is 0 Å². The van der Waals surface area contributed by atoms with Crippen molar-refractivity contribution in [1.29, 1.82) is 0 Å². The molecule has 1 fully saturated rings. The number of carbonyl (C=O) groups is 1. The number of pyridine rings is 1. The summed E-state index contributed by atoms with van der Waals surface area (Å²) in [6, 6.07) is 16.3. The second-order valence-electron chi connectivity index (χ2n) is 8.09. The second-order valence-corrected chi connectivity index (χ2v) is 8.09. The normalized spacial score (nSPS) is 21.6. The van der Waals surface area contributed by atoms with Gasteiger partial charge in [-0.15, -0.1) is 0 Å². The van der Waals surface area contributed by atoms with Gasteiger partial charge in [0, 0.05) is 32.8 Å². The van der Waals surface area contributed by atoms with Gasteiger partial charge in [0.25, 0.3) is 5.91 Å². The van der Waals surface area contributed by atoms with E-state index < -0.39 is 0 Å². The fourth-order valence-electron chi connectivity index (χ4n) is 4.20. The van der Waals surface area contributed by atoms with Crippen molar-refractivity contribution in [1.82, 2.24) is 14.8 Å². The Bertz CT molecular complexity index is 856. The minimum atomic E-state index is -0.355. The minimum absolute atomic E-state index is 0.0751. The third-order valence-corrected chi connectivity index (χ3v) is 5.74. The number of likely N-dealkylation sites (tertiary alicyclic amines) is 1. The molecule has 1 atom stereocenters. The lowest BCUT2D eigenvalue weighted by Gasteiger charge is -2.38. The molecule has 0 saturated carbocycles. The number of piperidine rings is 1. The van der Waals surface area contributed by atoms with Crippen LogP contribution in [0, 0.1) is 0 Å². The zero-order valence-electron chi connectivity index (χ0n) is 17.0. The molecule has 1 aromatic heterocycles. The lowest BCUT2D eigenvalue weighted by atomic mass is 9.87. The van der Waals surface area contributed by atoms with Gasteiger partial charge in [0.1, 0.15) is 5.71 Å². The van der Waals surface area contributed by atoms with Crippen LogP contribution in [0.3, 0.4) is 0 Å². The summed E-state index contributed by atoms with van der Waals surface area (Å²) in [6.45, 7) is 3.36. The van der Waals surface area contributed by atoms with Crippen molar-refractivity contribution in [3.05, 3.63) is 66.0 Å². The van der Waals surface area contributed by atoms with Gasteiger partial charge < -0.3 is 9.74 Å². The predicted molar refractivity (Wildman–Crippen MR) is 112 cm³/mol. The molecule has 2 aromatic rings. The largest absolute Gasteiger partial charge is 0.387 e. The Labute approximate surface area is 172 Å². The lowest BCUT2D eigenvalue weighted by Crippen LogP contribution is -2.49. The molecule has 6 nitrogen and oxygen atoms in total. The summed E-state index contributed by atoms with van der Waals surface area (Å²) >= 11 is 0. The van der Waals surface area contributed by atoms with E-state index in [-0.39, 0.29) is 11.5 Å². The van der Waals surface area contributed by atoms with E-state index in [0.717, 1.165) is 44.6 Å². The van der Waals surface area contributed by atoms with Crippen molar-refractivity contribution in [3.8, 4) is 0 Å². The van der Waals surface area contributed by atoms with E-state index in [0.29, 0.717) is 18.7 Å². The Morgan fingerprint density at radius 1 is 1.21 bits per heavy atom. The van der Waals surface area contributed by atoms with Crippen LogP contribution in [0.4, 0.5) is 0 Å². The van der Waals surface area contributed by atoms with Crippen molar-refractivity contribution in [2.24, 2.45) is 5.16 Å². The molecule has 2 aliphatic heterocycles. The highest BCUT2D eigenvalue weighted by Gasteiger charge is 2.44. The summed E-state index contributed by atoms with van der Waals surface area (Å²) in [5.74, 6) is -0.0751. The molecule has 4 rings (SSSR count). The molecule has 152 valence electrons. The fraction of sp³-hybridized carbons (Fsp3) is 0.435. The quantitative estimate of drug-likeness (QED) is 0.759. The Kier molecular flexibility index (Phi) is 5.90. The first-order valence-electron chi connectivity index (χ1n) is 10.3. The molecule has 2 aliphatic rings. The highest BCUT2D eigenvalue weighted by atomic mass is 16.7. The highest BCUT2D eigenvalue weighted by molar-refractivity contribution is 6.39. The summed E-state index contributed by atoms with van der Waals surface area (Å²) in [7, 11) is 1.79. The van der Waals surface area contributed by atoms with Gasteiger partial charge >= 0.3 is 0 Å². The Balaban J connectivity index is 1.31. The van der Waals surface area contributed by atoms with E-state index in [2.05, 4.69) is 39.3 Å². The number of oxime groups is 1. The van der Waals surface area contributed by atoms with Crippen molar-refractivity contribution in [2.75, 3.05) is 26.7 Å². The third-order valence-electron chi connectivity index (χ3n) is 5.74. The standard InChI is InChI=1S/C23H28N4O2/c1-26(17-20-10-5-6-13-24-20)22(28)21-16-23(29-25-21)12-7-14-27(18-23)15-11-19-8-3-2-4-9-19/h2-6,8-10,13H,7,11-12,14-18H2,1H3. The number of rotatable bonds is 6. The van der Waals surface area contributed by atoms with Gasteiger partial charge in [0.15, 0.2) is 5.60 Å². The first kappa shape index (κ1) is 19.6. The number of aromatic nitrogens is 1. The zero-order valence-corrected chi connectivity index (χ0v) is 17.0. The third kappa shape index (κ3) is 4.82. The smallest absolute Gasteiger partial charge is 0.271 e. The molecule has 1 amide bonds. The number of hydrogen-bond donors (Lipinski definition) is 0. The second kappa shape index (κ2) is 8.74. The van der Waals surface area contributed by atoms with Crippen molar-refractivity contribution in [2.45, 2.75) is 37.8 Å². The van der Waals surface area contributed by atoms with E-state index in [1.165, 1.54) is 5.56 Å². The number of nitrogens with zero attached hydrogens (tertiary/aromatic N) is 4. The van der Waals surface area contributed by atoms with E-state index >= 15 is 0 Å². The molecule has 0 bridgehead atoms. The lowest BCUT2D eigenvalue weighted by molar-refractivity contribution is -0.123. The maximum absolute atomic E-state index is 12.8. The van der Waals surface area contributed by atoms with Crippen LogP contribution < -0.4 is 0 Å². The number of carbonyl (C=O) groups excluding carboxylic acids is 1.